The number of unbranched alkanes of at least 4 members (excludes halogenated alkanes) is 13. The van der Waals surface area contributed by atoms with E-state index in [1.165, 1.54) is 83.5 Å². The minimum absolute atomic E-state index is 0. The van der Waals surface area contributed by atoms with E-state index in [0.29, 0.717) is 6.61 Å². The number of aliphatic hydroxyl groups excluding tert-OH is 1. The van der Waals surface area contributed by atoms with Crippen molar-refractivity contribution in [2.24, 2.45) is 0 Å². The zero-order valence-electron chi connectivity index (χ0n) is 15.0. The maximum Gasteiger partial charge on any atom is 0.0431 e. The molecular formula is C18H42ClNO. The summed E-state index contributed by atoms with van der Waals surface area (Å²) in [4.78, 5) is 0. The molecule has 0 aromatic carbocycles. The van der Waals surface area contributed by atoms with Gasteiger partial charge in [0.15, 0.2) is 0 Å². The van der Waals surface area contributed by atoms with Crippen molar-refractivity contribution >= 4 is 12.4 Å². The first-order valence-corrected chi connectivity index (χ1v) is 9.02. The summed E-state index contributed by atoms with van der Waals surface area (Å²) in [6, 6.07) is 0. The fraction of sp³-hybridized carbons (Fsp3) is 1.00. The second-order valence-electron chi connectivity index (χ2n) is 5.82. The van der Waals surface area contributed by atoms with E-state index in [0.717, 1.165) is 6.42 Å². The maximum atomic E-state index is 8.64. The molecule has 0 saturated heterocycles. The normalized spacial score (nSPS) is 9.71. The van der Waals surface area contributed by atoms with Gasteiger partial charge in [-0.15, -0.1) is 12.4 Å². The Bertz CT molecular complexity index is 131. The van der Waals surface area contributed by atoms with Gasteiger partial charge in [-0.05, 0) is 20.5 Å². The maximum absolute atomic E-state index is 8.64. The van der Waals surface area contributed by atoms with Crippen LogP contribution in [-0.2, 0) is 0 Å². The average molecular weight is 324 g/mol. The summed E-state index contributed by atoms with van der Waals surface area (Å²) < 4.78 is 0. The molecule has 0 aliphatic carbocycles. The molecule has 21 heavy (non-hydrogen) atoms. The van der Waals surface area contributed by atoms with E-state index in [1.54, 1.807) is 0 Å². The van der Waals surface area contributed by atoms with Gasteiger partial charge in [0.25, 0.3) is 0 Å². The lowest BCUT2D eigenvalue weighted by Gasteiger charge is -2.02. The van der Waals surface area contributed by atoms with E-state index in [9.17, 15) is 0 Å². The first kappa shape index (κ1) is 26.1. The summed E-state index contributed by atoms with van der Waals surface area (Å²) in [5.41, 5.74) is 0. The number of aliphatic hydroxyl groups is 1. The van der Waals surface area contributed by atoms with Crippen molar-refractivity contribution in [3.63, 3.8) is 0 Å². The summed E-state index contributed by atoms with van der Waals surface area (Å²) in [7, 11) is 3.75. The molecule has 2 nitrogen and oxygen atoms in total. The molecule has 0 aliphatic rings. The van der Waals surface area contributed by atoms with Crippen LogP contribution in [0, 0.1) is 0 Å². The molecule has 2 N–H and O–H groups in total. The van der Waals surface area contributed by atoms with Gasteiger partial charge < -0.3 is 10.4 Å². The SMILES string of the molecule is CCCCCCCCCCCCCCCCO.CNC.Cl. The van der Waals surface area contributed by atoms with Crippen LogP contribution in [0.15, 0.2) is 0 Å². The van der Waals surface area contributed by atoms with Crippen LogP contribution in [-0.4, -0.2) is 25.8 Å². The molecule has 0 aromatic rings. The lowest BCUT2D eigenvalue weighted by atomic mass is 10.0. The Hall–Kier alpha value is 0.210. The number of halogens is 1. The molecule has 0 atom stereocenters. The highest BCUT2D eigenvalue weighted by atomic mass is 35.5. The Balaban J connectivity index is -0.000000740. The highest BCUT2D eigenvalue weighted by Crippen LogP contribution is 2.12. The topological polar surface area (TPSA) is 32.3 Å². The van der Waals surface area contributed by atoms with Crippen molar-refractivity contribution in [1.82, 2.24) is 5.32 Å². The lowest BCUT2D eigenvalue weighted by molar-refractivity contribution is 0.282. The van der Waals surface area contributed by atoms with E-state index >= 15 is 0 Å². The van der Waals surface area contributed by atoms with Gasteiger partial charge in [0, 0.05) is 6.61 Å². The second-order valence-corrected chi connectivity index (χ2v) is 5.82. The molecule has 0 amide bonds. The molecule has 132 valence electrons. The molecule has 0 saturated carbocycles. The number of hydrogen-bond acceptors (Lipinski definition) is 2. The minimum Gasteiger partial charge on any atom is -0.396 e. The summed E-state index contributed by atoms with van der Waals surface area (Å²) in [6.07, 6.45) is 19.2. The standard InChI is InChI=1S/C16H34O.C2H7N.ClH/c1-2-3-4-5-6-7-8-9-10-11-12-13-14-15-16-17;1-3-2;/h17H,2-16H2,1H3;3H,1-2H3;1H. The number of rotatable bonds is 14. The molecular weight excluding hydrogens is 282 g/mol. The molecule has 0 fully saturated rings. The fourth-order valence-corrected chi connectivity index (χ4v) is 2.31. The molecule has 0 rings (SSSR count). The Labute approximate surface area is 140 Å². The van der Waals surface area contributed by atoms with Crippen LogP contribution in [0.5, 0.6) is 0 Å². The number of hydrogen-bond donors (Lipinski definition) is 2. The van der Waals surface area contributed by atoms with Crippen LogP contribution in [0.25, 0.3) is 0 Å². The molecule has 3 heteroatoms. The molecule has 0 spiro atoms. The average Bonchev–Trinajstić information content (AvgIpc) is 2.45. The number of nitrogens with one attached hydrogen (secondary N) is 1. The quantitative estimate of drug-likeness (QED) is 0.401. The van der Waals surface area contributed by atoms with Crippen molar-refractivity contribution in [1.29, 1.82) is 0 Å². The highest BCUT2D eigenvalue weighted by molar-refractivity contribution is 5.85. The van der Waals surface area contributed by atoms with Crippen molar-refractivity contribution < 1.29 is 5.11 Å². The van der Waals surface area contributed by atoms with Gasteiger partial charge in [-0.25, -0.2) is 0 Å². The molecule has 0 aliphatic heterocycles. The van der Waals surface area contributed by atoms with Crippen molar-refractivity contribution in [3.05, 3.63) is 0 Å². The minimum atomic E-state index is 0. The monoisotopic (exact) mass is 323 g/mol. The highest BCUT2D eigenvalue weighted by Gasteiger charge is 1.93. The molecule has 0 heterocycles. The summed E-state index contributed by atoms with van der Waals surface area (Å²) in [5, 5.41) is 11.4. The Morgan fingerprint density at radius 2 is 0.810 bits per heavy atom. The van der Waals surface area contributed by atoms with Gasteiger partial charge >= 0.3 is 0 Å². The van der Waals surface area contributed by atoms with Crippen LogP contribution >= 0.6 is 12.4 Å². The Kier molecular flexibility index (Phi) is 35.3. The molecule has 0 unspecified atom stereocenters. The molecule has 0 radical (unpaired) electrons. The Morgan fingerprint density at radius 1 is 0.571 bits per heavy atom. The summed E-state index contributed by atoms with van der Waals surface area (Å²) >= 11 is 0. The smallest absolute Gasteiger partial charge is 0.0431 e. The van der Waals surface area contributed by atoms with E-state index in [2.05, 4.69) is 12.2 Å². The molecule has 0 aromatic heterocycles. The van der Waals surface area contributed by atoms with E-state index in [1.807, 2.05) is 14.1 Å². The summed E-state index contributed by atoms with van der Waals surface area (Å²) in [6.45, 7) is 2.65. The summed E-state index contributed by atoms with van der Waals surface area (Å²) in [5.74, 6) is 0. The van der Waals surface area contributed by atoms with Crippen LogP contribution in [0.3, 0.4) is 0 Å². The van der Waals surface area contributed by atoms with Crippen LogP contribution in [0.1, 0.15) is 96.8 Å². The predicted molar refractivity (Wildman–Crippen MR) is 99.6 cm³/mol. The van der Waals surface area contributed by atoms with E-state index in [4.69, 9.17) is 5.11 Å². The fourth-order valence-electron chi connectivity index (χ4n) is 2.31. The van der Waals surface area contributed by atoms with Crippen LogP contribution in [0.4, 0.5) is 0 Å². The van der Waals surface area contributed by atoms with Crippen molar-refractivity contribution in [2.45, 2.75) is 96.8 Å². The zero-order chi connectivity index (χ0) is 15.3. The van der Waals surface area contributed by atoms with Gasteiger partial charge in [0.05, 0.1) is 0 Å². The van der Waals surface area contributed by atoms with Crippen molar-refractivity contribution in [3.8, 4) is 0 Å². The van der Waals surface area contributed by atoms with E-state index in [-0.39, 0.29) is 12.4 Å². The first-order chi connectivity index (χ1) is 9.83. The van der Waals surface area contributed by atoms with Gasteiger partial charge in [0.1, 0.15) is 0 Å². The van der Waals surface area contributed by atoms with Crippen LogP contribution in [0.2, 0.25) is 0 Å². The second kappa shape index (κ2) is 28.4. The third kappa shape index (κ3) is 33.2. The van der Waals surface area contributed by atoms with E-state index < -0.39 is 0 Å². The predicted octanol–water partition coefficient (Wildman–Crippen LogP) is 5.72. The van der Waals surface area contributed by atoms with Gasteiger partial charge in [-0.3, -0.25) is 0 Å². The largest absolute Gasteiger partial charge is 0.396 e. The first-order valence-electron chi connectivity index (χ1n) is 9.02. The third-order valence-electron chi connectivity index (χ3n) is 3.51. The molecule has 0 bridgehead atoms. The Morgan fingerprint density at radius 3 is 1.05 bits per heavy atom. The van der Waals surface area contributed by atoms with Gasteiger partial charge in [0.2, 0.25) is 0 Å². The van der Waals surface area contributed by atoms with Gasteiger partial charge in [-0.1, -0.05) is 90.4 Å². The van der Waals surface area contributed by atoms with Gasteiger partial charge in [-0.2, -0.15) is 0 Å². The third-order valence-corrected chi connectivity index (χ3v) is 3.51. The van der Waals surface area contributed by atoms with Crippen LogP contribution < -0.4 is 5.32 Å². The zero-order valence-corrected chi connectivity index (χ0v) is 15.8. The van der Waals surface area contributed by atoms with Crippen molar-refractivity contribution in [2.75, 3.05) is 20.7 Å². The lowest BCUT2D eigenvalue weighted by Crippen LogP contribution is -1.89.